The molecule has 0 heterocycles. The minimum absolute atomic E-state index is 0.147. The van der Waals surface area contributed by atoms with Crippen molar-refractivity contribution in [1.82, 2.24) is 5.32 Å². The SMILES string of the molecule is CCCCCCCCCCC[C@@H](Cc1cccc2ccccc12)C(=O)CC(CC(C)C)C(=O)N[C@H](C=O)C[C@@H]1CCCCC1=O. The molecule has 0 spiro atoms. The van der Waals surface area contributed by atoms with Crippen molar-refractivity contribution in [1.29, 1.82) is 0 Å². The molecule has 2 aromatic carbocycles. The Morgan fingerprint density at radius 2 is 1.58 bits per heavy atom. The van der Waals surface area contributed by atoms with E-state index in [9.17, 15) is 19.2 Å². The van der Waals surface area contributed by atoms with Crippen molar-refractivity contribution in [3.63, 3.8) is 0 Å². The van der Waals surface area contributed by atoms with Gasteiger partial charge in [0.25, 0.3) is 0 Å². The molecule has 0 bridgehead atoms. The molecule has 1 unspecified atom stereocenters. The summed E-state index contributed by atoms with van der Waals surface area (Å²) in [4.78, 5) is 52.0. The maximum Gasteiger partial charge on any atom is 0.224 e. The Morgan fingerprint density at radius 1 is 0.889 bits per heavy atom. The number of Topliss-reactive ketones (excluding diaryl/α,β-unsaturated/α-hetero) is 2. The molecule has 1 fully saturated rings. The first-order chi connectivity index (χ1) is 21.8. The summed E-state index contributed by atoms with van der Waals surface area (Å²) >= 11 is 0. The van der Waals surface area contributed by atoms with Crippen LogP contribution < -0.4 is 5.32 Å². The van der Waals surface area contributed by atoms with E-state index >= 15 is 0 Å². The van der Waals surface area contributed by atoms with Gasteiger partial charge in [0.05, 0.1) is 6.04 Å². The van der Waals surface area contributed by atoms with E-state index in [-0.39, 0.29) is 41.6 Å². The highest BCUT2D eigenvalue weighted by atomic mass is 16.2. The third-order valence-corrected chi connectivity index (χ3v) is 9.74. The molecule has 0 radical (unpaired) electrons. The molecular weight excluding hydrogens is 558 g/mol. The van der Waals surface area contributed by atoms with Gasteiger partial charge in [-0.2, -0.15) is 0 Å². The zero-order chi connectivity index (χ0) is 32.4. The first-order valence-corrected chi connectivity index (χ1v) is 18.1. The highest BCUT2D eigenvalue weighted by Gasteiger charge is 2.31. The molecule has 0 aromatic heterocycles. The Bertz CT molecular complexity index is 1200. The lowest BCUT2D eigenvalue weighted by Crippen LogP contribution is -2.43. The predicted molar refractivity (Wildman–Crippen MR) is 185 cm³/mol. The van der Waals surface area contributed by atoms with Gasteiger partial charge in [-0.1, -0.05) is 127 Å². The van der Waals surface area contributed by atoms with Crippen LogP contribution in [-0.2, 0) is 25.6 Å². The second kappa shape index (κ2) is 20.3. The number of carbonyl (C=O) groups is 4. The molecule has 4 atom stereocenters. The lowest BCUT2D eigenvalue weighted by molar-refractivity contribution is -0.133. The third-order valence-electron chi connectivity index (χ3n) is 9.74. The van der Waals surface area contributed by atoms with E-state index in [4.69, 9.17) is 0 Å². The summed E-state index contributed by atoms with van der Waals surface area (Å²) in [5.74, 6) is -0.454. The topological polar surface area (TPSA) is 80.3 Å². The number of aldehydes is 1. The van der Waals surface area contributed by atoms with E-state index in [0.717, 1.165) is 44.8 Å². The fourth-order valence-electron chi connectivity index (χ4n) is 7.14. The minimum Gasteiger partial charge on any atom is -0.346 e. The fourth-order valence-corrected chi connectivity index (χ4v) is 7.14. The third kappa shape index (κ3) is 12.8. The molecule has 1 aliphatic carbocycles. The van der Waals surface area contributed by atoms with E-state index in [0.29, 0.717) is 25.7 Å². The van der Waals surface area contributed by atoms with Gasteiger partial charge in [0.2, 0.25) is 5.91 Å². The van der Waals surface area contributed by atoms with Crippen molar-refractivity contribution < 1.29 is 19.2 Å². The van der Waals surface area contributed by atoms with Crippen molar-refractivity contribution in [2.75, 3.05) is 0 Å². The van der Waals surface area contributed by atoms with E-state index in [1.54, 1.807) is 0 Å². The van der Waals surface area contributed by atoms with Gasteiger partial charge in [-0.05, 0) is 60.8 Å². The normalized spacial score (nSPS) is 17.2. The van der Waals surface area contributed by atoms with Gasteiger partial charge in [-0.3, -0.25) is 14.4 Å². The highest BCUT2D eigenvalue weighted by molar-refractivity contribution is 5.90. The average Bonchev–Trinajstić information content (AvgIpc) is 3.03. The Kier molecular flexibility index (Phi) is 16.6. The monoisotopic (exact) mass is 617 g/mol. The number of amides is 1. The lowest BCUT2D eigenvalue weighted by Gasteiger charge is -2.26. The number of fused-ring (bicyclic) bond motifs is 1. The Balaban J connectivity index is 1.67. The van der Waals surface area contributed by atoms with Crippen LogP contribution in [0.3, 0.4) is 0 Å². The number of benzene rings is 2. The van der Waals surface area contributed by atoms with Crippen LogP contribution in [0.4, 0.5) is 0 Å². The second-order valence-electron chi connectivity index (χ2n) is 14.0. The number of unbranched alkanes of at least 4 members (excludes halogenated alkanes) is 8. The van der Waals surface area contributed by atoms with Crippen LogP contribution in [0, 0.1) is 23.7 Å². The molecule has 2 aromatic rings. The zero-order valence-corrected chi connectivity index (χ0v) is 28.4. The molecule has 0 aliphatic heterocycles. The van der Waals surface area contributed by atoms with Crippen LogP contribution in [0.5, 0.6) is 0 Å². The van der Waals surface area contributed by atoms with Crippen LogP contribution in [-0.4, -0.2) is 29.8 Å². The van der Waals surface area contributed by atoms with Crippen LogP contribution in [0.15, 0.2) is 42.5 Å². The summed E-state index contributed by atoms with van der Waals surface area (Å²) in [7, 11) is 0. The standard InChI is InChI=1S/C40H59NO4/c1-4-5-6-7-8-9-10-11-12-19-33(26-32-22-17-21-31-18-13-15-23-37(31)32)39(44)28-35(25-30(2)3)40(45)41-36(29-42)27-34-20-14-16-24-38(34)43/h13,15,17-18,21-23,29-30,33-36H,4-12,14,16,19-20,24-28H2,1-3H3,(H,41,45)/t33-,34-,35?,36-/m0/s1. The molecule has 5 nitrogen and oxygen atoms in total. The highest BCUT2D eigenvalue weighted by Crippen LogP contribution is 2.28. The quantitative estimate of drug-likeness (QED) is 0.105. The number of ketones is 2. The molecule has 1 saturated carbocycles. The molecular formula is C40H59NO4. The van der Waals surface area contributed by atoms with Gasteiger partial charge in [0.15, 0.2) is 0 Å². The summed E-state index contributed by atoms with van der Waals surface area (Å²) < 4.78 is 0. The van der Waals surface area contributed by atoms with E-state index in [1.165, 1.54) is 61.3 Å². The number of rotatable bonds is 22. The average molecular weight is 618 g/mol. The van der Waals surface area contributed by atoms with Crippen molar-refractivity contribution >= 4 is 34.5 Å². The van der Waals surface area contributed by atoms with Gasteiger partial charge in [0, 0.05) is 30.6 Å². The molecule has 248 valence electrons. The van der Waals surface area contributed by atoms with Crippen molar-refractivity contribution in [3.05, 3.63) is 48.0 Å². The Morgan fingerprint density at radius 3 is 2.27 bits per heavy atom. The van der Waals surface area contributed by atoms with E-state index in [1.807, 2.05) is 6.07 Å². The number of carbonyl (C=O) groups excluding carboxylic acids is 4. The molecule has 3 rings (SSSR count). The van der Waals surface area contributed by atoms with Crippen molar-refractivity contribution in [2.24, 2.45) is 23.7 Å². The van der Waals surface area contributed by atoms with Crippen LogP contribution >= 0.6 is 0 Å². The van der Waals surface area contributed by atoms with Crippen molar-refractivity contribution in [3.8, 4) is 0 Å². The van der Waals surface area contributed by atoms with Crippen molar-refractivity contribution in [2.45, 2.75) is 142 Å². The van der Waals surface area contributed by atoms with Gasteiger partial charge in [-0.25, -0.2) is 0 Å². The predicted octanol–water partition coefficient (Wildman–Crippen LogP) is 9.37. The Labute approximate surface area is 272 Å². The maximum absolute atomic E-state index is 14.1. The van der Waals surface area contributed by atoms with Crippen LogP contribution in [0.1, 0.15) is 135 Å². The fraction of sp³-hybridized carbons (Fsp3) is 0.650. The molecule has 1 aliphatic rings. The summed E-state index contributed by atoms with van der Waals surface area (Å²) in [5, 5.41) is 5.30. The molecule has 1 N–H and O–H groups in total. The summed E-state index contributed by atoms with van der Waals surface area (Å²) in [6.07, 6.45) is 17.8. The summed E-state index contributed by atoms with van der Waals surface area (Å²) in [5.41, 5.74) is 1.19. The van der Waals surface area contributed by atoms with E-state index < -0.39 is 12.0 Å². The first-order valence-electron chi connectivity index (χ1n) is 18.1. The molecule has 1 amide bonds. The zero-order valence-electron chi connectivity index (χ0n) is 28.4. The summed E-state index contributed by atoms with van der Waals surface area (Å²) in [6, 6.07) is 14.0. The van der Waals surface area contributed by atoms with Gasteiger partial charge in [-0.15, -0.1) is 0 Å². The molecule has 45 heavy (non-hydrogen) atoms. The van der Waals surface area contributed by atoms with Gasteiger partial charge >= 0.3 is 0 Å². The van der Waals surface area contributed by atoms with Gasteiger partial charge in [0.1, 0.15) is 17.9 Å². The molecule has 0 saturated heterocycles. The number of nitrogens with one attached hydrogen (secondary N) is 1. The van der Waals surface area contributed by atoms with Crippen LogP contribution in [0.25, 0.3) is 10.8 Å². The summed E-state index contributed by atoms with van der Waals surface area (Å²) in [6.45, 7) is 6.38. The molecule has 5 heteroatoms. The smallest absolute Gasteiger partial charge is 0.224 e. The van der Waals surface area contributed by atoms with E-state index in [2.05, 4.69) is 62.5 Å². The van der Waals surface area contributed by atoms with Gasteiger partial charge < -0.3 is 10.1 Å². The first kappa shape index (κ1) is 36.6. The number of hydrogen-bond acceptors (Lipinski definition) is 4. The maximum atomic E-state index is 14.1. The number of hydrogen-bond donors (Lipinski definition) is 1. The van der Waals surface area contributed by atoms with Crippen LogP contribution in [0.2, 0.25) is 0 Å². The Hall–Kier alpha value is -2.82. The second-order valence-corrected chi connectivity index (χ2v) is 14.0. The lowest BCUT2D eigenvalue weighted by atomic mass is 9.82. The minimum atomic E-state index is -0.692. The largest absolute Gasteiger partial charge is 0.346 e.